The lowest BCUT2D eigenvalue weighted by atomic mass is 9.98. The summed E-state index contributed by atoms with van der Waals surface area (Å²) in [7, 11) is 0. The van der Waals surface area contributed by atoms with Gasteiger partial charge >= 0.3 is 0 Å². The van der Waals surface area contributed by atoms with Crippen LogP contribution >= 0.6 is 0 Å². The van der Waals surface area contributed by atoms with Crippen molar-refractivity contribution in [3.05, 3.63) is 35.9 Å². The Morgan fingerprint density at radius 3 is 2.58 bits per heavy atom. The maximum Gasteiger partial charge on any atom is 0.239 e. The van der Waals surface area contributed by atoms with E-state index in [-0.39, 0.29) is 24.1 Å². The second-order valence-electron chi connectivity index (χ2n) is 5.29. The van der Waals surface area contributed by atoms with E-state index in [0.29, 0.717) is 6.61 Å². The van der Waals surface area contributed by atoms with Gasteiger partial charge in [-0.15, -0.1) is 0 Å². The van der Waals surface area contributed by atoms with Crippen molar-refractivity contribution in [3.63, 3.8) is 0 Å². The number of carbonyl (C=O) groups excluding carboxylic acids is 1. The average Bonchev–Trinajstić information content (AvgIpc) is 2.39. The molecule has 2 N–H and O–H groups in total. The highest BCUT2D eigenvalue weighted by atomic mass is 16.5. The topological polar surface area (TPSA) is 55.6 Å². The van der Waals surface area contributed by atoms with Gasteiger partial charge in [0, 0.05) is 0 Å². The van der Waals surface area contributed by atoms with Crippen molar-refractivity contribution in [2.24, 2.45) is 5.73 Å². The summed E-state index contributed by atoms with van der Waals surface area (Å²) in [5.41, 5.74) is 6.84. The highest BCUT2D eigenvalue weighted by Crippen LogP contribution is 2.31. The van der Waals surface area contributed by atoms with Gasteiger partial charge in [0.2, 0.25) is 5.91 Å². The van der Waals surface area contributed by atoms with E-state index in [2.05, 4.69) is 0 Å². The molecule has 104 valence electrons. The third-order valence-electron chi connectivity index (χ3n) is 3.64. The van der Waals surface area contributed by atoms with Gasteiger partial charge in [0.05, 0.1) is 24.7 Å². The van der Waals surface area contributed by atoms with Gasteiger partial charge in [0.15, 0.2) is 0 Å². The smallest absolute Gasteiger partial charge is 0.239 e. The summed E-state index contributed by atoms with van der Waals surface area (Å²) >= 11 is 0. The monoisotopic (exact) mass is 262 g/mol. The van der Waals surface area contributed by atoms with Crippen molar-refractivity contribution in [1.82, 2.24) is 4.90 Å². The van der Waals surface area contributed by atoms with Crippen LogP contribution in [0.3, 0.4) is 0 Å². The van der Waals surface area contributed by atoms with Gasteiger partial charge in [-0.2, -0.15) is 0 Å². The van der Waals surface area contributed by atoms with E-state index in [1.807, 2.05) is 49.1 Å². The van der Waals surface area contributed by atoms with Gasteiger partial charge < -0.3 is 15.4 Å². The summed E-state index contributed by atoms with van der Waals surface area (Å²) in [6.07, 6.45) is -0.0832. The van der Waals surface area contributed by atoms with E-state index < -0.39 is 6.04 Å². The molecule has 2 rings (SSSR count). The van der Waals surface area contributed by atoms with Crippen LogP contribution in [0.2, 0.25) is 0 Å². The van der Waals surface area contributed by atoms with Crippen LogP contribution in [0.4, 0.5) is 0 Å². The molecule has 0 aromatic heterocycles. The molecule has 0 radical (unpaired) electrons. The molecule has 0 saturated carbocycles. The number of morpholine rings is 1. The Labute approximate surface area is 114 Å². The molecule has 1 saturated heterocycles. The number of amides is 1. The number of nitrogens with two attached hydrogens (primary N) is 1. The molecule has 1 amide bonds. The first-order chi connectivity index (χ1) is 9.02. The standard InChI is InChI=1S/C15H22N2O2/c1-10-9-19-14(13-7-5-4-6-8-13)12(3)17(10)15(18)11(2)16/h4-8,10-12,14H,9,16H2,1-3H3/t10-,11+,12-,14+/m1/s1. The number of ether oxygens (including phenoxy) is 1. The van der Waals surface area contributed by atoms with E-state index >= 15 is 0 Å². The fourth-order valence-corrected chi connectivity index (χ4v) is 2.68. The first-order valence-electron chi connectivity index (χ1n) is 6.76. The lowest BCUT2D eigenvalue weighted by molar-refractivity contribution is -0.154. The normalized spacial score (nSPS) is 29.1. The van der Waals surface area contributed by atoms with Gasteiger partial charge in [-0.25, -0.2) is 0 Å². The Morgan fingerprint density at radius 2 is 2.00 bits per heavy atom. The molecule has 1 fully saturated rings. The third kappa shape index (κ3) is 2.80. The highest BCUT2D eigenvalue weighted by Gasteiger charge is 2.37. The van der Waals surface area contributed by atoms with Crippen LogP contribution in [-0.4, -0.2) is 35.5 Å². The summed E-state index contributed by atoms with van der Waals surface area (Å²) in [5.74, 6) is -0.00997. The van der Waals surface area contributed by atoms with Crippen molar-refractivity contribution in [3.8, 4) is 0 Å². The summed E-state index contributed by atoms with van der Waals surface area (Å²) in [4.78, 5) is 14.1. The summed E-state index contributed by atoms with van der Waals surface area (Å²) < 4.78 is 5.91. The lowest BCUT2D eigenvalue weighted by Gasteiger charge is -2.44. The maximum absolute atomic E-state index is 12.2. The summed E-state index contributed by atoms with van der Waals surface area (Å²) in [6, 6.07) is 9.60. The van der Waals surface area contributed by atoms with Crippen LogP contribution in [0.1, 0.15) is 32.4 Å². The second-order valence-corrected chi connectivity index (χ2v) is 5.29. The van der Waals surface area contributed by atoms with Gasteiger partial charge in [0.1, 0.15) is 6.10 Å². The van der Waals surface area contributed by atoms with Crippen molar-refractivity contribution >= 4 is 5.91 Å². The minimum absolute atomic E-state index is 0.00958. The molecule has 0 unspecified atom stereocenters. The van der Waals surface area contributed by atoms with Crippen LogP contribution in [0.15, 0.2) is 30.3 Å². The van der Waals surface area contributed by atoms with Gasteiger partial charge in [-0.1, -0.05) is 30.3 Å². The van der Waals surface area contributed by atoms with Crippen LogP contribution < -0.4 is 5.73 Å². The summed E-state index contributed by atoms with van der Waals surface area (Å²) in [6.45, 7) is 6.29. The molecule has 4 nitrogen and oxygen atoms in total. The summed E-state index contributed by atoms with van der Waals surface area (Å²) in [5, 5.41) is 0. The average molecular weight is 262 g/mol. The molecule has 0 aliphatic carbocycles. The Kier molecular flexibility index (Phi) is 4.22. The molecular weight excluding hydrogens is 240 g/mol. The molecule has 0 spiro atoms. The minimum Gasteiger partial charge on any atom is -0.369 e. The van der Waals surface area contributed by atoms with Crippen molar-refractivity contribution in [2.45, 2.75) is 45.0 Å². The van der Waals surface area contributed by atoms with E-state index in [1.165, 1.54) is 0 Å². The zero-order chi connectivity index (χ0) is 14.0. The molecule has 1 aromatic carbocycles. The van der Waals surface area contributed by atoms with Gasteiger partial charge in [-0.3, -0.25) is 4.79 Å². The fraction of sp³-hybridized carbons (Fsp3) is 0.533. The SMILES string of the molecule is C[C@H](N)C(=O)N1[C@H](C)CO[C@H](c2ccccc2)[C@H]1C. The van der Waals surface area contributed by atoms with Gasteiger partial charge in [-0.05, 0) is 26.3 Å². The van der Waals surface area contributed by atoms with E-state index in [9.17, 15) is 4.79 Å². The second kappa shape index (κ2) is 5.72. The van der Waals surface area contributed by atoms with E-state index in [4.69, 9.17) is 10.5 Å². The van der Waals surface area contributed by atoms with Crippen LogP contribution in [0.5, 0.6) is 0 Å². The largest absolute Gasteiger partial charge is 0.369 e. The molecule has 1 aliphatic heterocycles. The number of hydrogen-bond donors (Lipinski definition) is 1. The van der Waals surface area contributed by atoms with Crippen LogP contribution in [0, 0.1) is 0 Å². The third-order valence-corrected chi connectivity index (χ3v) is 3.64. The molecule has 0 bridgehead atoms. The van der Waals surface area contributed by atoms with Crippen LogP contribution in [0.25, 0.3) is 0 Å². The number of benzene rings is 1. The van der Waals surface area contributed by atoms with E-state index in [0.717, 1.165) is 5.56 Å². The minimum atomic E-state index is -0.473. The quantitative estimate of drug-likeness (QED) is 0.882. The predicted octanol–water partition coefficient (Wildman–Crippen LogP) is 1.71. The number of rotatable bonds is 2. The molecule has 1 aromatic rings. The molecule has 1 heterocycles. The van der Waals surface area contributed by atoms with Crippen molar-refractivity contribution in [2.75, 3.05) is 6.61 Å². The first-order valence-corrected chi connectivity index (χ1v) is 6.76. The number of hydrogen-bond acceptors (Lipinski definition) is 3. The first kappa shape index (κ1) is 14.0. The molecule has 4 atom stereocenters. The maximum atomic E-state index is 12.2. The molecule has 1 aliphatic rings. The lowest BCUT2D eigenvalue weighted by Crippen LogP contribution is -2.57. The molecule has 19 heavy (non-hydrogen) atoms. The number of carbonyl (C=O) groups is 1. The van der Waals surface area contributed by atoms with Crippen LogP contribution in [-0.2, 0) is 9.53 Å². The zero-order valence-electron chi connectivity index (χ0n) is 11.7. The predicted molar refractivity (Wildman–Crippen MR) is 74.6 cm³/mol. The number of nitrogens with zero attached hydrogens (tertiary/aromatic N) is 1. The van der Waals surface area contributed by atoms with Crippen molar-refractivity contribution in [1.29, 1.82) is 0 Å². The van der Waals surface area contributed by atoms with E-state index in [1.54, 1.807) is 6.92 Å². The zero-order valence-corrected chi connectivity index (χ0v) is 11.7. The van der Waals surface area contributed by atoms with Gasteiger partial charge in [0.25, 0.3) is 0 Å². The highest BCUT2D eigenvalue weighted by molar-refractivity contribution is 5.82. The Bertz CT molecular complexity index is 433. The Morgan fingerprint density at radius 1 is 1.37 bits per heavy atom. The fourth-order valence-electron chi connectivity index (χ4n) is 2.68. The Hall–Kier alpha value is -1.39. The molecular formula is C15H22N2O2. The molecule has 4 heteroatoms. The Balaban J connectivity index is 2.23. The van der Waals surface area contributed by atoms with Crippen molar-refractivity contribution < 1.29 is 9.53 Å².